The van der Waals surface area contributed by atoms with E-state index in [9.17, 15) is 5.11 Å². The minimum atomic E-state index is -0.370. The van der Waals surface area contributed by atoms with Crippen LogP contribution in [0.25, 0.3) is 10.9 Å². The van der Waals surface area contributed by atoms with Crippen LogP contribution in [0.4, 0.5) is 11.5 Å². The first-order chi connectivity index (χ1) is 17.6. The first kappa shape index (κ1) is 23.8. The van der Waals surface area contributed by atoms with Gasteiger partial charge in [0.05, 0.1) is 18.2 Å². The Balaban J connectivity index is 1.32. The summed E-state index contributed by atoms with van der Waals surface area (Å²) in [6.45, 7) is 4.50. The van der Waals surface area contributed by atoms with Crippen LogP contribution in [0.15, 0.2) is 73.1 Å². The Bertz CT molecular complexity index is 1410. The largest absolute Gasteiger partial charge is 0.457 e. The summed E-state index contributed by atoms with van der Waals surface area (Å²) in [7, 11) is 0. The zero-order valence-corrected chi connectivity index (χ0v) is 20.2. The number of nitrogens with zero attached hydrogens (tertiary/aromatic N) is 3. The molecular weight excluding hydrogens is 450 g/mol. The summed E-state index contributed by atoms with van der Waals surface area (Å²) in [5.74, 6) is 8.91. The second-order valence-corrected chi connectivity index (χ2v) is 9.03. The van der Waals surface area contributed by atoms with Crippen molar-refractivity contribution < 1.29 is 9.84 Å². The minimum Gasteiger partial charge on any atom is -0.457 e. The monoisotopic (exact) mass is 479 g/mol. The van der Waals surface area contributed by atoms with E-state index in [2.05, 4.69) is 32.0 Å². The Morgan fingerprint density at radius 1 is 1.08 bits per heavy atom. The molecule has 5 rings (SSSR count). The van der Waals surface area contributed by atoms with Gasteiger partial charge in [0.1, 0.15) is 23.6 Å². The summed E-state index contributed by atoms with van der Waals surface area (Å²) < 4.78 is 6.00. The van der Waals surface area contributed by atoms with Crippen LogP contribution in [0.5, 0.6) is 11.5 Å². The smallest absolute Gasteiger partial charge is 0.141 e. The van der Waals surface area contributed by atoms with E-state index in [1.807, 2.05) is 73.7 Å². The number of β-amino-alcohol motifs (C(OH)–C–C–N with tert-alkyl or cyclic N) is 1. The van der Waals surface area contributed by atoms with Crippen molar-refractivity contribution in [1.29, 1.82) is 0 Å². The molecule has 2 atom stereocenters. The fourth-order valence-corrected chi connectivity index (χ4v) is 4.38. The fourth-order valence-electron chi connectivity index (χ4n) is 4.38. The lowest BCUT2D eigenvalue weighted by Crippen LogP contribution is -2.25. The van der Waals surface area contributed by atoms with Gasteiger partial charge >= 0.3 is 0 Å². The number of para-hydroxylation sites is 1. The lowest BCUT2D eigenvalue weighted by molar-refractivity contribution is 0.146. The predicted molar refractivity (Wildman–Crippen MR) is 142 cm³/mol. The van der Waals surface area contributed by atoms with Crippen LogP contribution in [-0.4, -0.2) is 52.3 Å². The van der Waals surface area contributed by atoms with Gasteiger partial charge in [-0.15, -0.1) is 0 Å². The van der Waals surface area contributed by atoms with Crippen LogP contribution in [0.3, 0.4) is 0 Å². The number of aliphatic hydroxyl groups excluding tert-OH is 1. The molecule has 7 heteroatoms. The normalized spacial score (nSPS) is 17.5. The van der Waals surface area contributed by atoms with E-state index in [0.29, 0.717) is 25.5 Å². The van der Waals surface area contributed by atoms with E-state index in [0.717, 1.165) is 45.8 Å². The number of nitrogens with one attached hydrogen (secondary N) is 1. The van der Waals surface area contributed by atoms with Crippen LogP contribution in [0.2, 0.25) is 0 Å². The average Bonchev–Trinajstić information content (AvgIpc) is 3.26. The number of aromatic nitrogens is 2. The standard InChI is InChI=1S/C29H29N5O2/c1-20-14-23(10-12-28(20)36-24-7-3-2-4-8-24)33-29-25-15-21(9-11-26(25)31-19-32-29)6-5-13-34-17-22(16-30)27(35)18-34/h2-4,7-12,14-15,19,22,27,35H,13,16-18,30H2,1H3,(H,31,32,33). The molecule has 7 nitrogen and oxygen atoms in total. The molecule has 1 aliphatic rings. The van der Waals surface area contributed by atoms with Crippen LogP contribution < -0.4 is 15.8 Å². The number of hydrogen-bond donors (Lipinski definition) is 3. The third-order valence-corrected chi connectivity index (χ3v) is 6.36. The number of ether oxygens (including phenoxy) is 1. The Kier molecular flexibility index (Phi) is 7.10. The van der Waals surface area contributed by atoms with E-state index < -0.39 is 0 Å². The minimum absolute atomic E-state index is 0.126. The Morgan fingerprint density at radius 3 is 2.72 bits per heavy atom. The van der Waals surface area contributed by atoms with Gasteiger partial charge in [-0.25, -0.2) is 9.97 Å². The second-order valence-electron chi connectivity index (χ2n) is 9.03. The van der Waals surface area contributed by atoms with Crippen molar-refractivity contribution in [2.75, 3.05) is 31.5 Å². The van der Waals surface area contributed by atoms with Gasteiger partial charge < -0.3 is 20.9 Å². The summed E-state index contributed by atoms with van der Waals surface area (Å²) in [5.41, 5.74) is 9.38. The van der Waals surface area contributed by atoms with Crippen molar-refractivity contribution in [2.24, 2.45) is 11.7 Å². The van der Waals surface area contributed by atoms with Gasteiger partial charge in [0.15, 0.2) is 0 Å². The highest BCUT2D eigenvalue weighted by Gasteiger charge is 2.29. The molecule has 0 bridgehead atoms. The zero-order chi connectivity index (χ0) is 24.9. The second kappa shape index (κ2) is 10.8. The lowest BCUT2D eigenvalue weighted by atomic mass is 10.1. The van der Waals surface area contributed by atoms with E-state index in [1.54, 1.807) is 6.33 Å². The maximum absolute atomic E-state index is 10.0. The highest BCUT2D eigenvalue weighted by molar-refractivity contribution is 5.91. The first-order valence-electron chi connectivity index (χ1n) is 12.0. The van der Waals surface area contributed by atoms with Crippen molar-refractivity contribution in [3.8, 4) is 23.3 Å². The Morgan fingerprint density at radius 2 is 1.94 bits per heavy atom. The summed E-state index contributed by atoms with van der Waals surface area (Å²) in [5, 5.41) is 14.4. The summed E-state index contributed by atoms with van der Waals surface area (Å²) in [4.78, 5) is 11.0. The molecule has 2 heterocycles. The molecule has 182 valence electrons. The molecule has 0 amide bonds. The number of benzene rings is 3. The van der Waals surface area contributed by atoms with Gasteiger partial charge in [0.25, 0.3) is 0 Å². The van der Waals surface area contributed by atoms with Crippen LogP contribution in [-0.2, 0) is 0 Å². The number of nitrogens with two attached hydrogens (primary N) is 1. The van der Waals surface area contributed by atoms with E-state index in [-0.39, 0.29) is 12.0 Å². The molecule has 2 unspecified atom stereocenters. The Labute approximate surface area is 211 Å². The van der Waals surface area contributed by atoms with Crippen molar-refractivity contribution >= 4 is 22.4 Å². The number of hydrogen-bond acceptors (Lipinski definition) is 7. The van der Waals surface area contributed by atoms with Crippen molar-refractivity contribution in [1.82, 2.24) is 14.9 Å². The van der Waals surface area contributed by atoms with Crippen molar-refractivity contribution in [3.63, 3.8) is 0 Å². The van der Waals surface area contributed by atoms with Gasteiger partial charge in [-0.2, -0.15) is 0 Å². The number of rotatable bonds is 6. The molecule has 1 saturated heterocycles. The fraction of sp³-hybridized carbons (Fsp3) is 0.241. The summed E-state index contributed by atoms with van der Waals surface area (Å²) in [6, 6.07) is 21.6. The molecule has 1 aliphatic heterocycles. The van der Waals surface area contributed by atoms with Gasteiger partial charge in [0.2, 0.25) is 0 Å². The van der Waals surface area contributed by atoms with Gasteiger partial charge in [-0.1, -0.05) is 30.0 Å². The highest BCUT2D eigenvalue weighted by Crippen LogP contribution is 2.30. The molecule has 4 aromatic rings. The zero-order valence-electron chi connectivity index (χ0n) is 20.2. The first-order valence-corrected chi connectivity index (χ1v) is 12.0. The number of aryl methyl sites for hydroxylation is 1. The molecule has 0 spiro atoms. The predicted octanol–water partition coefficient (Wildman–Crippen LogP) is 4.08. The molecule has 1 aromatic heterocycles. The van der Waals surface area contributed by atoms with E-state index in [1.165, 1.54) is 0 Å². The molecular formula is C29H29N5O2. The molecule has 0 saturated carbocycles. The van der Waals surface area contributed by atoms with Crippen molar-refractivity contribution in [2.45, 2.75) is 13.0 Å². The molecule has 4 N–H and O–H groups in total. The van der Waals surface area contributed by atoms with Gasteiger partial charge in [-0.3, -0.25) is 4.90 Å². The lowest BCUT2D eigenvalue weighted by Gasteiger charge is -2.12. The van der Waals surface area contributed by atoms with Gasteiger partial charge in [0, 0.05) is 35.6 Å². The Hall–Kier alpha value is -3.96. The molecule has 1 fully saturated rings. The molecule has 0 radical (unpaired) electrons. The SMILES string of the molecule is Cc1cc(Nc2ncnc3ccc(C#CCN4CC(O)C(CN)C4)cc23)ccc1Oc1ccccc1. The van der Waals surface area contributed by atoms with Crippen LogP contribution >= 0.6 is 0 Å². The van der Waals surface area contributed by atoms with E-state index >= 15 is 0 Å². The quantitative estimate of drug-likeness (QED) is 0.359. The maximum Gasteiger partial charge on any atom is 0.141 e. The number of aliphatic hydroxyl groups is 1. The summed E-state index contributed by atoms with van der Waals surface area (Å²) >= 11 is 0. The van der Waals surface area contributed by atoms with Crippen LogP contribution in [0.1, 0.15) is 11.1 Å². The number of likely N-dealkylation sites (tertiary alicyclic amines) is 1. The van der Waals surface area contributed by atoms with E-state index in [4.69, 9.17) is 10.5 Å². The summed E-state index contributed by atoms with van der Waals surface area (Å²) in [6.07, 6.45) is 1.19. The number of anilines is 2. The molecule has 3 aromatic carbocycles. The third kappa shape index (κ3) is 5.47. The third-order valence-electron chi connectivity index (χ3n) is 6.36. The van der Waals surface area contributed by atoms with Crippen molar-refractivity contribution in [3.05, 3.63) is 84.2 Å². The van der Waals surface area contributed by atoms with Crippen LogP contribution in [0, 0.1) is 24.7 Å². The average molecular weight is 480 g/mol. The maximum atomic E-state index is 10.0. The molecule has 36 heavy (non-hydrogen) atoms. The van der Waals surface area contributed by atoms with Gasteiger partial charge in [-0.05, 0) is 67.6 Å². The molecule has 0 aliphatic carbocycles. The topological polar surface area (TPSA) is 96.5 Å². The highest BCUT2D eigenvalue weighted by atomic mass is 16.5. The number of fused-ring (bicyclic) bond motifs is 1.